The molecule has 2 aromatic rings. The van der Waals surface area contributed by atoms with Crippen LogP contribution in [0.2, 0.25) is 0 Å². The van der Waals surface area contributed by atoms with E-state index < -0.39 is 17.8 Å². The number of benzene rings is 2. The highest BCUT2D eigenvalue weighted by Gasteiger charge is 2.31. The number of amides is 2. The maximum Gasteiger partial charge on any atom is 0.338 e. The van der Waals surface area contributed by atoms with Gasteiger partial charge in [0.15, 0.2) is 0 Å². The fraction of sp³-hybridized carbons (Fsp3) is 0.133. The molecular weight excluding hydrogens is 258 g/mol. The molecule has 0 saturated carbocycles. The average Bonchev–Trinajstić information content (AvgIpc) is 2.73. The maximum atomic E-state index is 11.9. The van der Waals surface area contributed by atoms with Gasteiger partial charge in [-0.15, -0.1) is 0 Å². The Morgan fingerprint density at radius 3 is 2.50 bits per heavy atom. The molecule has 0 aliphatic carbocycles. The number of esters is 1. The van der Waals surface area contributed by atoms with Crippen LogP contribution in [0.4, 0.5) is 0 Å². The molecule has 1 heterocycles. The Hall–Kier alpha value is -2.69. The molecule has 5 nitrogen and oxygen atoms in total. The first-order valence-corrected chi connectivity index (χ1v) is 6.05. The van der Waals surface area contributed by atoms with Gasteiger partial charge in [0.05, 0.1) is 23.8 Å². The zero-order valence-corrected chi connectivity index (χ0v) is 10.9. The van der Waals surface area contributed by atoms with E-state index in [9.17, 15) is 14.4 Å². The molecule has 0 bridgehead atoms. The third-order valence-electron chi connectivity index (χ3n) is 3.47. The first-order valence-electron chi connectivity index (χ1n) is 6.05. The van der Waals surface area contributed by atoms with Gasteiger partial charge in [0.1, 0.15) is 0 Å². The number of carbonyl (C=O) groups is 3. The molecule has 0 spiro atoms. The Kier molecular flexibility index (Phi) is 2.57. The summed E-state index contributed by atoms with van der Waals surface area (Å²) in [6.45, 7) is 1.74. The lowest BCUT2D eigenvalue weighted by Crippen LogP contribution is -2.20. The zero-order chi connectivity index (χ0) is 14.4. The van der Waals surface area contributed by atoms with Crippen LogP contribution in [0.1, 0.15) is 36.6 Å². The van der Waals surface area contributed by atoms with Gasteiger partial charge < -0.3 is 4.74 Å². The molecule has 5 heteroatoms. The van der Waals surface area contributed by atoms with E-state index in [0.717, 1.165) is 0 Å². The molecule has 2 aromatic carbocycles. The zero-order valence-electron chi connectivity index (χ0n) is 10.9. The first kappa shape index (κ1) is 12.3. The van der Waals surface area contributed by atoms with Gasteiger partial charge >= 0.3 is 5.97 Å². The number of ether oxygens (including phenoxy) is 1. The predicted molar refractivity (Wildman–Crippen MR) is 71.8 cm³/mol. The number of hydrogen-bond donors (Lipinski definition) is 1. The molecule has 20 heavy (non-hydrogen) atoms. The summed E-state index contributed by atoms with van der Waals surface area (Å²) in [5.41, 5.74) is 1.75. The Morgan fingerprint density at radius 1 is 1.10 bits per heavy atom. The Bertz CT molecular complexity index is 792. The predicted octanol–water partition coefficient (Wildman–Crippen LogP) is 1.82. The van der Waals surface area contributed by atoms with Crippen molar-refractivity contribution in [2.24, 2.45) is 0 Å². The van der Waals surface area contributed by atoms with Crippen molar-refractivity contribution >= 4 is 28.6 Å². The van der Waals surface area contributed by atoms with E-state index in [1.165, 1.54) is 7.11 Å². The summed E-state index contributed by atoms with van der Waals surface area (Å²) < 4.78 is 4.75. The first-order chi connectivity index (χ1) is 9.54. The molecular formula is C15H11NO4. The normalized spacial score (nSPS) is 13.3. The second-order valence-corrected chi connectivity index (χ2v) is 4.62. The number of imide groups is 1. The van der Waals surface area contributed by atoms with Crippen LogP contribution in [0.3, 0.4) is 0 Å². The quantitative estimate of drug-likeness (QED) is 0.633. The fourth-order valence-corrected chi connectivity index (χ4v) is 2.60. The molecule has 0 radical (unpaired) electrons. The van der Waals surface area contributed by atoms with Crippen molar-refractivity contribution in [3.05, 3.63) is 46.5 Å². The minimum absolute atomic E-state index is 0.329. The van der Waals surface area contributed by atoms with E-state index >= 15 is 0 Å². The van der Waals surface area contributed by atoms with Gasteiger partial charge in [-0.1, -0.05) is 12.1 Å². The number of aryl methyl sites for hydroxylation is 1. The topological polar surface area (TPSA) is 72.5 Å². The number of hydrogen-bond acceptors (Lipinski definition) is 4. The third-order valence-corrected chi connectivity index (χ3v) is 3.47. The average molecular weight is 269 g/mol. The summed E-state index contributed by atoms with van der Waals surface area (Å²) in [6, 6.07) is 6.76. The van der Waals surface area contributed by atoms with Crippen LogP contribution in [0, 0.1) is 6.92 Å². The molecule has 100 valence electrons. The molecule has 0 atom stereocenters. The van der Waals surface area contributed by atoms with E-state index in [1.807, 2.05) is 0 Å². The largest absolute Gasteiger partial charge is 0.465 e. The Morgan fingerprint density at radius 2 is 1.80 bits per heavy atom. The summed E-state index contributed by atoms with van der Waals surface area (Å²) in [5.74, 6) is -1.30. The van der Waals surface area contributed by atoms with E-state index in [2.05, 4.69) is 5.32 Å². The summed E-state index contributed by atoms with van der Waals surface area (Å²) >= 11 is 0. The number of methoxy groups -OCH3 is 1. The molecule has 1 aliphatic rings. The van der Waals surface area contributed by atoms with E-state index in [1.54, 1.807) is 31.2 Å². The van der Waals surface area contributed by atoms with Crippen molar-refractivity contribution in [1.82, 2.24) is 5.32 Å². The van der Waals surface area contributed by atoms with Crippen LogP contribution >= 0.6 is 0 Å². The fourth-order valence-electron chi connectivity index (χ4n) is 2.60. The Balaban J connectivity index is 2.45. The molecule has 2 amide bonds. The lowest BCUT2D eigenvalue weighted by molar-refractivity contribution is 0.0602. The van der Waals surface area contributed by atoms with E-state index in [-0.39, 0.29) is 0 Å². The highest BCUT2D eigenvalue weighted by Crippen LogP contribution is 2.31. The molecule has 1 N–H and O–H groups in total. The van der Waals surface area contributed by atoms with Crippen molar-refractivity contribution in [1.29, 1.82) is 0 Å². The summed E-state index contributed by atoms with van der Waals surface area (Å²) in [7, 11) is 1.30. The minimum Gasteiger partial charge on any atom is -0.465 e. The van der Waals surface area contributed by atoms with Gasteiger partial charge in [-0.25, -0.2) is 4.79 Å². The lowest BCUT2D eigenvalue weighted by Gasteiger charge is -2.09. The van der Waals surface area contributed by atoms with Crippen LogP contribution in [-0.2, 0) is 4.74 Å². The van der Waals surface area contributed by atoms with Crippen LogP contribution in [0.15, 0.2) is 24.3 Å². The Labute approximate surface area is 114 Å². The maximum absolute atomic E-state index is 11.9. The summed E-state index contributed by atoms with van der Waals surface area (Å²) in [5, 5.41) is 3.48. The molecule has 3 rings (SSSR count). The van der Waals surface area contributed by atoms with Crippen LogP contribution in [0.25, 0.3) is 10.8 Å². The van der Waals surface area contributed by atoms with Crippen molar-refractivity contribution in [3.8, 4) is 0 Å². The van der Waals surface area contributed by atoms with Crippen LogP contribution in [0.5, 0.6) is 0 Å². The molecule has 0 aromatic heterocycles. The monoisotopic (exact) mass is 269 g/mol. The van der Waals surface area contributed by atoms with Gasteiger partial charge in [0.2, 0.25) is 0 Å². The lowest BCUT2D eigenvalue weighted by atomic mass is 9.93. The third kappa shape index (κ3) is 1.53. The smallest absolute Gasteiger partial charge is 0.338 e. The standard InChI is InChI=1S/C15H11NO4/c1-7-6-10-8(4-3-5-9(10)15(19)20-2)12-11(7)13(17)16-14(12)18/h3-6H,1-2H3,(H,16,17,18). The number of fused-ring (bicyclic) bond motifs is 3. The van der Waals surface area contributed by atoms with E-state index in [4.69, 9.17) is 4.74 Å². The number of nitrogens with one attached hydrogen (secondary N) is 1. The molecule has 0 saturated heterocycles. The molecule has 1 aliphatic heterocycles. The highest BCUT2D eigenvalue weighted by molar-refractivity contribution is 6.28. The highest BCUT2D eigenvalue weighted by atomic mass is 16.5. The van der Waals surface area contributed by atoms with Crippen LogP contribution in [-0.4, -0.2) is 24.9 Å². The minimum atomic E-state index is -0.473. The van der Waals surface area contributed by atoms with Gasteiger partial charge in [-0.2, -0.15) is 0 Å². The summed E-state index contributed by atoms with van der Waals surface area (Å²) in [4.78, 5) is 35.5. The van der Waals surface area contributed by atoms with E-state index in [0.29, 0.717) is 33.0 Å². The summed E-state index contributed by atoms with van der Waals surface area (Å²) in [6.07, 6.45) is 0. The van der Waals surface area contributed by atoms with Gasteiger partial charge in [-0.3, -0.25) is 14.9 Å². The van der Waals surface area contributed by atoms with Crippen molar-refractivity contribution in [3.63, 3.8) is 0 Å². The van der Waals surface area contributed by atoms with Gasteiger partial charge in [0.25, 0.3) is 11.8 Å². The SMILES string of the molecule is COC(=O)c1cccc2c3c(c(C)cc12)C(=O)NC3=O. The van der Waals surface area contributed by atoms with Crippen LogP contribution < -0.4 is 5.32 Å². The van der Waals surface area contributed by atoms with Gasteiger partial charge in [-0.05, 0) is 35.4 Å². The van der Waals surface area contributed by atoms with Crippen molar-refractivity contribution in [2.75, 3.05) is 7.11 Å². The molecule has 0 unspecified atom stereocenters. The second kappa shape index (κ2) is 4.16. The van der Waals surface area contributed by atoms with Gasteiger partial charge in [0, 0.05) is 0 Å². The van der Waals surface area contributed by atoms with Crippen molar-refractivity contribution in [2.45, 2.75) is 6.92 Å². The number of rotatable bonds is 1. The molecule has 0 fully saturated rings. The number of carbonyl (C=O) groups excluding carboxylic acids is 3. The van der Waals surface area contributed by atoms with Crippen molar-refractivity contribution < 1.29 is 19.1 Å². The second-order valence-electron chi connectivity index (χ2n) is 4.62.